The molecule has 1 aliphatic rings. The van der Waals surface area contributed by atoms with Crippen LogP contribution >= 0.6 is 0 Å². The topological polar surface area (TPSA) is 45.3 Å². The Balaban J connectivity index is 2.08. The van der Waals surface area contributed by atoms with E-state index in [1.165, 1.54) is 12.8 Å². The molecule has 1 saturated heterocycles. The van der Waals surface area contributed by atoms with Crippen LogP contribution in [0.2, 0.25) is 0 Å². The molecule has 0 aromatic carbocycles. The van der Waals surface area contributed by atoms with Crippen LogP contribution in [0.4, 0.5) is 0 Å². The van der Waals surface area contributed by atoms with Crippen LogP contribution in [0.15, 0.2) is 11.0 Å². The van der Waals surface area contributed by atoms with Gasteiger partial charge in [0, 0.05) is 42.2 Å². The standard InChI is InChI=1S/C15H24N2O2/c1-4-19-10-13-6-5-7-17(13)9-14-12(3)15(18)11(2)8-16-14/h8,13H,4-7,9-10H2,1-3H3,(H,16,18). The van der Waals surface area contributed by atoms with Gasteiger partial charge in [0.1, 0.15) is 0 Å². The first kappa shape index (κ1) is 14.3. The largest absolute Gasteiger partial charge is 0.380 e. The molecule has 2 heterocycles. The highest BCUT2D eigenvalue weighted by atomic mass is 16.5. The number of H-pyrrole nitrogens is 1. The van der Waals surface area contributed by atoms with E-state index in [2.05, 4.69) is 9.88 Å². The SMILES string of the molecule is CCOCC1CCCN1Cc1[nH]cc(C)c(=O)c1C. The molecule has 0 spiro atoms. The summed E-state index contributed by atoms with van der Waals surface area (Å²) in [6, 6.07) is 0.490. The first-order valence-corrected chi connectivity index (χ1v) is 7.13. The van der Waals surface area contributed by atoms with Crippen molar-refractivity contribution in [1.82, 2.24) is 9.88 Å². The van der Waals surface area contributed by atoms with Crippen LogP contribution in [0.3, 0.4) is 0 Å². The predicted octanol–water partition coefficient (Wildman–Crippen LogP) is 1.99. The molecule has 19 heavy (non-hydrogen) atoms. The van der Waals surface area contributed by atoms with Crippen molar-refractivity contribution < 1.29 is 4.74 Å². The van der Waals surface area contributed by atoms with Crippen LogP contribution in [-0.2, 0) is 11.3 Å². The molecule has 4 nitrogen and oxygen atoms in total. The van der Waals surface area contributed by atoms with E-state index in [0.717, 1.165) is 43.1 Å². The van der Waals surface area contributed by atoms with E-state index in [1.54, 1.807) is 0 Å². The van der Waals surface area contributed by atoms with E-state index in [4.69, 9.17) is 4.74 Å². The van der Waals surface area contributed by atoms with E-state index in [0.29, 0.717) is 6.04 Å². The third kappa shape index (κ3) is 3.25. The minimum Gasteiger partial charge on any atom is -0.380 e. The lowest BCUT2D eigenvalue weighted by Crippen LogP contribution is -2.33. The Morgan fingerprint density at radius 3 is 3.00 bits per heavy atom. The lowest BCUT2D eigenvalue weighted by atomic mass is 10.1. The third-order valence-electron chi connectivity index (χ3n) is 3.99. The summed E-state index contributed by atoms with van der Waals surface area (Å²) < 4.78 is 5.54. The molecule has 4 heteroatoms. The normalized spacial score (nSPS) is 20.1. The average molecular weight is 264 g/mol. The smallest absolute Gasteiger partial charge is 0.187 e. The van der Waals surface area contributed by atoms with Gasteiger partial charge in [-0.3, -0.25) is 9.69 Å². The van der Waals surface area contributed by atoms with Crippen LogP contribution < -0.4 is 5.43 Å². The number of pyridine rings is 1. The summed E-state index contributed by atoms with van der Waals surface area (Å²) >= 11 is 0. The van der Waals surface area contributed by atoms with Crippen molar-refractivity contribution in [2.24, 2.45) is 0 Å². The third-order valence-corrected chi connectivity index (χ3v) is 3.99. The fourth-order valence-electron chi connectivity index (χ4n) is 2.72. The zero-order valence-electron chi connectivity index (χ0n) is 12.2. The van der Waals surface area contributed by atoms with Crippen LogP contribution in [-0.4, -0.2) is 35.7 Å². The Labute approximate surface area is 114 Å². The average Bonchev–Trinajstić information content (AvgIpc) is 2.84. The van der Waals surface area contributed by atoms with E-state index in [1.807, 2.05) is 27.0 Å². The predicted molar refractivity (Wildman–Crippen MR) is 76.5 cm³/mol. The zero-order chi connectivity index (χ0) is 13.8. The van der Waals surface area contributed by atoms with E-state index in [9.17, 15) is 4.79 Å². The summed E-state index contributed by atoms with van der Waals surface area (Å²) in [6.45, 7) is 9.27. The molecule has 1 aromatic heterocycles. The molecule has 1 atom stereocenters. The molecule has 0 aliphatic carbocycles. The van der Waals surface area contributed by atoms with Crippen molar-refractivity contribution in [3.8, 4) is 0 Å². The maximum Gasteiger partial charge on any atom is 0.187 e. The molecule has 0 bridgehead atoms. The van der Waals surface area contributed by atoms with Gasteiger partial charge in [0.2, 0.25) is 0 Å². The second-order valence-electron chi connectivity index (χ2n) is 5.33. The Morgan fingerprint density at radius 1 is 1.47 bits per heavy atom. The maximum absolute atomic E-state index is 12.0. The fourth-order valence-corrected chi connectivity index (χ4v) is 2.72. The van der Waals surface area contributed by atoms with E-state index < -0.39 is 0 Å². The Bertz CT molecular complexity index is 482. The van der Waals surface area contributed by atoms with Gasteiger partial charge in [-0.2, -0.15) is 0 Å². The van der Waals surface area contributed by atoms with Gasteiger partial charge in [-0.25, -0.2) is 0 Å². The van der Waals surface area contributed by atoms with Crippen molar-refractivity contribution in [1.29, 1.82) is 0 Å². The first-order valence-electron chi connectivity index (χ1n) is 7.13. The molecular formula is C15H24N2O2. The van der Waals surface area contributed by atoms with Gasteiger partial charge in [-0.1, -0.05) is 0 Å². The van der Waals surface area contributed by atoms with Gasteiger partial charge in [0.25, 0.3) is 0 Å². The van der Waals surface area contributed by atoms with Crippen molar-refractivity contribution in [3.63, 3.8) is 0 Å². The van der Waals surface area contributed by atoms with Gasteiger partial charge >= 0.3 is 0 Å². The van der Waals surface area contributed by atoms with Crippen molar-refractivity contribution in [3.05, 3.63) is 33.2 Å². The molecule has 0 saturated carbocycles. The van der Waals surface area contributed by atoms with Crippen LogP contribution in [0, 0.1) is 13.8 Å². The number of aromatic nitrogens is 1. The zero-order valence-corrected chi connectivity index (χ0v) is 12.2. The molecule has 1 unspecified atom stereocenters. The van der Waals surface area contributed by atoms with Crippen LogP contribution in [0.5, 0.6) is 0 Å². The Hall–Kier alpha value is -1.13. The second-order valence-corrected chi connectivity index (χ2v) is 5.33. The number of hydrogen-bond donors (Lipinski definition) is 1. The fraction of sp³-hybridized carbons (Fsp3) is 0.667. The minimum atomic E-state index is 0.161. The number of nitrogens with zero attached hydrogens (tertiary/aromatic N) is 1. The summed E-state index contributed by atoms with van der Waals surface area (Å²) in [5, 5.41) is 0. The van der Waals surface area contributed by atoms with Gasteiger partial charge < -0.3 is 9.72 Å². The first-order chi connectivity index (χ1) is 9.13. The number of hydrogen-bond acceptors (Lipinski definition) is 3. The number of rotatable bonds is 5. The minimum absolute atomic E-state index is 0.161. The van der Waals surface area contributed by atoms with Gasteiger partial charge in [-0.05, 0) is 40.2 Å². The van der Waals surface area contributed by atoms with E-state index in [-0.39, 0.29) is 5.43 Å². The van der Waals surface area contributed by atoms with Crippen molar-refractivity contribution >= 4 is 0 Å². The summed E-state index contributed by atoms with van der Waals surface area (Å²) in [7, 11) is 0. The van der Waals surface area contributed by atoms with Gasteiger partial charge in [0.15, 0.2) is 5.43 Å². The summed E-state index contributed by atoms with van der Waals surface area (Å²) in [5.41, 5.74) is 2.84. The molecule has 0 amide bonds. The van der Waals surface area contributed by atoms with Gasteiger partial charge in [0.05, 0.1) is 6.61 Å². The lowest BCUT2D eigenvalue weighted by molar-refractivity contribution is 0.0818. The number of ether oxygens (including phenoxy) is 1. The van der Waals surface area contributed by atoms with Crippen molar-refractivity contribution in [2.75, 3.05) is 19.8 Å². The second kappa shape index (κ2) is 6.35. The molecule has 1 fully saturated rings. The maximum atomic E-state index is 12.0. The summed E-state index contributed by atoms with van der Waals surface area (Å²) in [6.07, 6.45) is 4.22. The number of nitrogens with one attached hydrogen (secondary N) is 1. The van der Waals surface area contributed by atoms with Gasteiger partial charge in [-0.15, -0.1) is 0 Å². The highest BCUT2D eigenvalue weighted by Gasteiger charge is 2.25. The molecule has 106 valence electrons. The molecule has 0 radical (unpaired) electrons. The quantitative estimate of drug-likeness (QED) is 0.884. The molecular weight excluding hydrogens is 240 g/mol. The Morgan fingerprint density at radius 2 is 2.26 bits per heavy atom. The molecule has 2 rings (SSSR count). The lowest BCUT2D eigenvalue weighted by Gasteiger charge is -2.24. The van der Waals surface area contributed by atoms with E-state index >= 15 is 0 Å². The molecule has 1 aromatic rings. The monoisotopic (exact) mass is 264 g/mol. The number of likely N-dealkylation sites (tertiary alicyclic amines) is 1. The number of aryl methyl sites for hydroxylation is 1. The molecule has 1 aliphatic heterocycles. The Kier molecular flexibility index (Phi) is 4.77. The van der Waals surface area contributed by atoms with Crippen LogP contribution in [0.25, 0.3) is 0 Å². The van der Waals surface area contributed by atoms with Crippen LogP contribution in [0.1, 0.15) is 36.6 Å². The highest BCUT2D eigenvalue weighted by Crippen LogP contribution is 2.20. The molecule has 1 N–H and O–H groups in total. The number of aromatic amines is 1. The highest BCUT2D eigenvalue weighted by molar-refractivity contribution is 5.23. The summed E-state index contributed by atoms with van der Waals surface area (Å²) in [4.78, 5) is 17.6. The van der Waals surface area contributed by atoms with Crippen molar-refractivity contribution in [2.45, 2.75) is 46.2 Å². The summed E-state index contributed by atoms with van der Waals surface area (Å²) in [5.74, 6) is 0.